The fourth-order valence-corrected chi connectivity index (χ4v) is 3.89. The zero-order valence-electron chi connectivity index (χ0n) is 17.3. The van der Waals surface area contributed by atoms with Gasteiger partial charge in [-0.2, -0.15) is 0 Å². The number of carbonyl (C=O) groups is 4. The molecule has 0 aromatic carbocycles. The Hall–Kier alpha value is -1.32. The van der Waals surface area contributed by atoms with Crippen LogP contribution < -0.4 is 0 Å². The van der Waals surface area contributed by atoms with Crippen LogP contribution in [0.2, 0.25) is 0 Å². The van der Waals surface area contributed by atoms with Crippen LogP contribution >= 0.6 is 0 Å². The normalized spacial score (nSPS) is 19.8. The second kappa shape index (κ2) is 9.57. The van der Waals surface area contributed by atoms with Crippen molar-refractivity contribution in [1.29, 1.82) is 0 Å². The van der Waals surface area contributed by atoms with Crippen molar-refractivity contribution < 1.29 is 19.2 Å². The molecule has 0 heterocycles. The van der Waals surface area contributed by atoms with Crippen molar-refractivity contribution >= 4 is 23.1 Å². The number of hydrogen-bond donors (Lipinski definition) is 0. The number of rotatable bonds is 11. The molecule has 4 nitrogen and oxygen atoms in total. The third-order valence-electron chi connectivity index (χ3n) is 5.74. The third-order valence-corrected chi connectivity index (χ3v) is 5.74. The van der Waals surface area contributed by atoms with Crippen molar-refractivity contribution in [1.82, 2.24) is 0 Å². The average molecular weight is 365 g/mol. The Morgan fingerprint density at radius 1 is 0.731 bits per heavy atom. The maximum atomic E-state index is 12.6. The zero-order chi connectivity index (χ0) is 20.0. The molecule has 0 radical (unpaired) electrons. The third kappa shape index (κ3) is 5.11. The lowest BCUT2D eigenvalue weighted by Crippen LogP contribution is -2.59. The Morgan fingerprint density at radius 2 is 1.12 bits per heavy atom. The molecular weight excluding hydrogens is 328 g/mol. The van der Waals surface area contributed by atoms with Crippen LogP contribution in [0.4, 0.5) is 0 Å². The van der Waals surface area contributed by atoms with Gasteiger partial charge in [0.2, 0.25) is 0 Å². The number of unbranched alkanes of at least 4 members (excludes halogenated alkanes) is 8. The van der Waals surface area contributed by atoms with Gasteiger partial charge in [-0.1, -0.05) is 58.3 Å². The number of ketones is 4. The summed E-state index contributed by atoms with van der Waals surface area (Å²) in [4.78, 5) is 50.2. The highest BCUT2D eigenvalue weighted by Gasteiger charge is 2.59. The van der Waals surface area contributed by atoms with Gasteiger partial charge in [-0.3, -0.25) is 19.2 Å². The van der Waals surface area contributed by atoms with Crippen LogP contribution in [0.3, 0.4) is 0 Å². The summed E-state index contributed by atoms with van der Waals surface area (Å²) in [5, 5.41) is 0. The van der Waals surface area contributed by atoms with Crippen molar-refractivity contribution in [3.8, 4) is 0 Å². The molecule has 26 heavy (non-hydrogen) atoms. The van der Waals surface area contributed by atoms with Gasteiger partial charge in [0.1, 0.15) is 5.92 Å². The van der Waals surface area contributed by atoms with Gasteiger partial charge in [0.15, 0.2) is 23.1 Å². The van der Waals surface area contributed by atoms with Gasteiger partial charge in [0.25, 0.3) is 0 Å². The van der Waals surface area contributed by atoms with Gasteiger partial charge in [-0.15, -0.1) is 0 Å². The van der Waals surface area contributed by atoms with Crippen LogP contribution in [0.5, 0.6) is 0 Å². The maximum Gasteiger partial charge on any atom is 0.163 e. The summed E-state index contributed by atoms with van der Waals surface area (Å²) in [5.41, 5.74) is -2.54. The minimum atomic E-state index is -1.27. The van der Waals surface area contributed by atoms with Crippen molar-refractivity contribution in [3.63, 3.8) is 0 Å². The maximum absolute atomic E-state index is 12.6. The Morgan fingerprint density at radius 3 is 1.54 bits per heavy atom. The summed E-state index contributed by atoms with van der Waals surface area (Å²) in [5.74, 6) is -2.99. The first-order valence-corrected chi connectivity index (χ1v) is 10.2. The Balaban J connectivity index is 2.47. The summed E-state index contributed by atoms with van der Waals surface area (Å²) >= 11 is 0. The molecule has 0 aromatic heterocycles. The molecular formula is C22H36O4. The number of Topliss-reactive ketones (excluding diaryl/α,β-unsaturated/α-hetero) is 4. The van der Waals surface area contributed by atoms with Crippen molar-refractivity contribution in [2.75, 3.05) is 0 Å². The molecule has 0 atom stereocenters. The van der Waals surface area contributed by atoms with E-state index in [1.807, 2.05) is 0 Å². The summed E-state index contributed by atoms with van der Waals surface area (Å²) in [7, 11) is 0. The molecule has 1 fully saturated rings. The second-order valence-corrected chi connectivity index (χ2v) is 8.79. The van der Waals surface area contributed by atoms with Gasteiger partial charge in [-0.25, -0.2) is 0 Å². The van der Waals surface area contributed by atoms with E-state index < -0.39 is 28.3 Å². The van der Waals surface area contributed by atoms with Crippen LogP contribution in [0.15, 0.2) is 0 Å². The quantitative estimate of drug-likeness (QED) is 0.387. The molecule has 1 aliphatic rings. The first kappa shape index (κ1) is 22.7. The monoisotopic (exact) mass is 364 g/mol. The molecule has 0 amide bonds. The van der Waals surface area contributed by atoms with Crippen molar-refractivity contribution in [2.24, 2.45) is 16.7 Å². The van der Waals surface area contributed by atoms with Gasteiger partial charge in [0.05, 0.1) is 10.8 Å². The highest BCUT2D eigenvalue weighted by Crippen LogP contribution is 2.41. The minimum absolute atomic E-state index is 0.248. The van der Waals surface area contributed by atoms with E-state index in [1.165, 1.54) is 66.2 Å². The van der Waals surface area contributed by atoms with Gasteiger partial charge in [-0.05, 0) is 34.1 Å². The minimum Gasteiger partial charge on any atom is -0.298 e. The van der Waals surface area contributed by atoms with Crippen LogP contribution in [0.25, 0.3) is 0 Å². The SMILES string of the molecule is CCCCCCCCCCCC(=O)C1C(=O)C(C)(C)C(=O)C(C)(C)C1=O. The fraction of sp³-hybridized carbons (Fsp3) is 0.818. The highest BCUT2D eigenvalue weighted by molar-refractivity contribution is 6.35. The van der Waals surface area contributed by atoms with Gasteiger partial charge in [0, 0.05) is 6.42 Å². The zero-order valence-corrected chi connectivity index (χ0v) is 17.3. The number of carbonyl (C=O) groups excluding carboxylic acids is 4. The predicted octanol–water partition coefficient (Wildman–Crippen LogP) is 4.87. The first-order valence-electron chi connectivity index (χ1n) is 10.2. The Labute approximate surface area is 158 Å². The lowest BCUT2D eigenvalue weighted by Gasteiger charge is -2.39. The van der Waals surface area contributed by atoms with E-state index in [4.69, 9.17) is 0 Å². The van der Waals surface area contributed by atoms with E-state index in [0.29, 0.717) is 6.42 Å². The molecule has 1 rings (SSSR count). The molecule has 0 bridgehead atoms. The van der Waals surface area contributed by atoms with Gasteiger partial charge >= 0.3 is 0 Å². The van der Waals surface area contributed by atoms with E-state index in [2.05, 4.69) is 6.92 Å². The van der Waals surface area contributed by atoms with Gasteiger partial charge < -0.3 is 0 Å². The van der Waals surface area contributed by atoms with E-state index >= 15 is 0 Å². The highest BCUT2D eigenvalue weighted by atomic mass is 16.2. The lowest BCUT2D eigenvalue weighted by atomic mass is 9.58. The smallest absolute Gasteiger partial charge is 0.163 e. The molecule has 0 N–H and O–H groups in total. The molecule has 4 heteroatoms. The molecule has 0 unspecified atom stereocenters. The average Bonchev–Trinajstić information content (AvgIpc) is 2.58. The molecule has 0 aliphatic heterocycles. The summed E-state index contributed by atoms with van der Waals surface area (Å²) in [6.07, 6.45) is 10.5. The molecule has 0 spiro atoms. The van der Waals surface area contributed by atoms with E-state index in [9.17, 15) is 19.2 Å². The number of hydrogen-bond acceptors (Lipinski definition) is 4. The van der Waals surface area contributed by atoms with Crippen molar-refractivity contribution in [3.05, 3.63) is 0 Å². The van der Waals surface area contributed by atoms with E-state index in [0.717, 1.165) is 12.8 Å². The standard InChI is InChI=1S/C22H36O4/c1-6-7-8-9-10-11-12-13-14-15-16(23)17-18(24)21(2,3)20(26)22(4,5)19(17)25/h17H,6-15H2,1-5H3. The van der Waals surface area contributed by atoms with Crippen molar-refractivity contribution in [2.45, 2.75) is 98.8 Å². The van der Waals surface area contributed by atoms with Crippen LogP contribution in [0.1, 0.15) is 98.8 Å². The molecule has 148 valence electrons. The predicted molar refractivity (Wildman–Crippen MR) is 103 cm³/mol. The fourth-order valence-electron chi connectivity index (χ4n) is 3.89. The Bertz CT molecular complexity index is 512. The Kier molecular flexibility index (Phi) is 8.36. The van der Waals surface area contributed by atoms with Crippen LogP contribution in [-0.4, -0.2) is 23.1 Å². The summed E-state index contributed by atoms with van der Waals surface area (Å²) < 4.78 is 0. The summed E-state index contributed by atoms with van der Waals surface area (Å²) in [6, 6.07) is 0. The topological polar surface area (TPSA) is 68.3 Å². The molecule has 1 aliphatic carbocycles. The second-order valence-electron chi connectivity index (χ2n) is 8.79. The first-order chi connectivity index (χ1) is 12.1. The molecule has 1 saturated carbocycles. The van der Waals surface area contributed by atoms with E-state index in [-0.39, 0.29) is 18.0 Å². The van der Waals surface area contributed by atoms with Crippen LogP contribution in [0, 0.1) is 16.7 Å². The van der Waals surface area contributed by atoms with E-state index in [1.54, 1.807) is 0 Å². The largest absolute Gasteiger partial charge is 0.298 e. The van der Waals surface area contributed by atoms with Crippen LogP contribution in [-0.2, 0) is 19.2 Å². The summed E-state index contributed by atoms with van der Waals surface area (Å²) in [6.45, 7) is 8.33. The molecule has 0 aromatic rings. The molecule has 0 saturated heterocycles. The lowest BCUT2D eigenvalue weighted by molar-refractivity contribution is -0.161.